The first-order valence-electron chi connectivity index (χ1n) is 7.89. The number of hydrogen-bond acceptors (Lipinski definition) is 6. The van der Waals surface area contributed by atoms with E-state index in [0.717, 1.165) is 6.42 Å². The van der Waals surface area contributed by atoms with Gasteiger partial charge in [0.05, 0.1) is 0 Å². The van der Waals surface area contributed by atoms with Gasteiger partial charge in [-0.2, -0.15) is 5.26 Å². The summed E-state index contributed by atoms with van der Waals surface area (Å²) in [4.78, 5) is 35.3. The zero-order valence-corrected chi connectivity index (χ0v) is 14.4. The number of imide groups is 1. The van der Waals surface area contributed by atoms with Crippen molar-refractivity contribution in [1.82, 2.24) is 15.2 Å². The lowest BCUT2D eigenvalue weighted by Crippen LogP contribution is -2.41. The van der Waals surface area contributed by atoms with Crippen LogP contribution in [0.2, 0.25) is 0 Å². The van der Waals surface area contributed by atoms with Gasteiger partial charge in [-0.15, -0.1) is 0 Å². The molecule has 0 unspecified atom stereocenters. The lowest BCUT2D eigenvalue weighted by Gasteiger charge is -2.06. The molecule has 2 heterocycles. The predicted molar refractivity (Wildman–Crippen MR) is 89.6 cm³/mol. The van der Waals surface area contributed by atoms with Gasteiger partial charge in [0, 0.05) is 18.9 Å². The van der Waals surface area contributed by atoms with E-state index < -0.39 is 24.5 Å². The number of urea groups is 1. The summed E-state index contributed by atoms with van der Waals surface area (Å²) in [6.07, 6.45) is 4.05. The van der Waals surface area contributed by atoms with Gasteiger partial charge in [-0.05, 0) is 25.5 Å². The highest BCUT2D eigenvalue weighted by atomic mass is 16.5. The third-order valence-corrected chi connectivity index (χ3v) is 3.34. The Balaban J connectivity index is 2.05. The summed E-state index contributed by atoms with van der Waals surface area (Å²) in [5, 5.41) is 13.9. The van der Waals surface area contributed by atoms with Crippen LogP contribution in [0.3, 0.4) is 0 Å². The minimum Gasteiger partial charge on any atom is -0.452 e. The highest BCUT2D eigenvalue weighted by Gasteiger charge is 2.26. The molecule has 2 aromatic rings. The first-order chi connectivity index (χ1) is 12.5. The van der Waals surface area contributed by atoms with Crippen molar-refractivity contribution in [3.63, 3.8) is 0 Å². The van der Waals surface area contributed by atoms with E-state index in [9.17, 15) is 19.6 Å². The lowest BCUT2D eigenvalue weighted by molar-refractivity contribution is -0.123. The SMILES string of the molecule is CCCNC(=O)NC(=O)COC(=O)c1c(C)oc(-n2cccc2)c1C#N. The van der Waals surface area contributed by atoms with Gasteiger partial charge in [-0.3, -0.25) is 14.7 Å². The maximum absolute atomic E-state index is 12.3. The Kier molecular flexibility index (Phi) is 6.16. The summed E-state index contributed by atoms with van der Waals surface area (Å²) >= 11 is 0. The maximum atomic E-state index is 12.3. The molecule has 0 aliphatic rings. The molecule has 0 aliphatic heterocycles. The molecular formula is C17H18N4O5. The van der Waals surface area contributed by atoms with Gasteiger partial charge in [-0.25, -0.2) is 9.59 Å². The van der Waals surface area contributed by atoms with E-state index in [-0.39, 0.29) is 22.8 Å². The standard InChI is InChI=1S/C17H18N4O5/c1-3-6-19-17(24)20-13(22)10-25-16(23)14-11(2)26-15(12(14)9-18)21-7-4-5-8-21/h4-5,7-8H,3,6,10H2,1-2H3,(H2,19,20,22,24). The molecule has 26 heavy (non-hydrogen) atoms. The Bertz CT molecular complexity index is 845. The molecule has 0 spiro atoms. The Hall–Kier alpha value is -3.54. The van der Waals surface area contributed by atoms with E-state index in [1.165, 1.54) is 6.92 Å². The monoisotopic (exact) mass is 358 g/mol. The fourth-order valence-electron chi connectivity index (χ4n) is 2.18. The molecule has 0 aromatic carbocycles. The van der Waals surface area contributed by atoms with E-state index in [1.807, 2.05) is 18.3 Å². The molecule has 0 atom stereocenters. The maximum Gasteiger partial charge on any atom is 0.343 e. The van der Waals surface area contributed by atoms with Gasteiger partial charge < -0.3 is 14.5 Å². The second-order valence-corrected chi connectivity index (χ2v) is 5.30. The Labute approximate surface area is 149 Å². The topological polar surface area (TPSA) is 126 Å². The number of furan rings is 1. The van der Waals surface area contributed by atoms with Gasteiger partial charge >= 0.3 is 12.0 Å². The van der Waals surface area contributed by atoms with Crippen molar-refractivity contribution in [2.45, 2.75) is 20.3 Å². The molecule has 0 fully saturated rings. The summed E-state index contributed by atoms with van der Waals surface area (Å²) in [6, 6.07) is 4.73. The van der Waals surface area contributed by atoms with E-state index >= 15 is 0 Å². The zero-order valence-electron chi connectivity index (χ0n) is 14.4. The first kappa shape index (κ1) is 18.8. The van der Waals surface area contributed by atoms with Crippen LogP contribution in [0.15, 0.2) is 28.9 Å². The minimum absolute atomic E-state index is 0.00444. The van der Waals surface area contributed by atoms with Crippen LogP contribution in [0, 0.1) is 18.3 Å². The van der Waals surface area contributed by atoms with Crippen LogP contribution in [-0.4, -0.2) is 35.6 Å². The fraction of sp³-hybridized carbons (Fsp3) is 0.294. The number of amides is 3. The second-order valence-electron chi connectivity index (χ2n) is 5.30. The average Bonchev–Trinajstić information content (AvgIpc) is 3.24. The third-order valence-electron chi connectivity index (χ3n) is 3.34. The summed E-state index contributed by atoms with van der Waals surface area (Å²) in [5.41, 5.74) is -0.0516. The predicted octanol–water partition coefficient (Wildman–Crippen LogP) is 1.64. The molecule has 3 amide bonds. The quantitative estimate of drug-likeness (QED) is 0.756. The largest absolute Gasteiger partial charge is 0.452 e. The van der Waals surface area contributed by atoms with Crippen LogP contribution in [0.5, 0.6) is 0 Å². The van der Waals surface area contributed by atoms with E-state index in [4.69, 9.17) is 9.15 Å². The van der Waals surface area contributed by atoms with Gasteiger partial charge in [0.25, 0.3) is 5.91 Å². The Morgan fingerprint density at radius 3 is 2.62 bits per heavy atom. The van der Waals surface area contributed by atoms with E-state index in [1.54, 1.807) is 29.1 Å². The molecule has 0 radical (unpaired) electrons. The van der Waals surface area contributed by atoms with Crippen LogP contribution >= 0.6 is 0 Å². The van der Waals surface area contributed by atoms with Crippen LogP contribution in [0.1, 0.15) is 35.0 Å². The van der Waals surface area contributed by atoms with Crippen molar-refractivity contribution in [3.05, 3.63) is 41.4 Å². The first-order valence-corrected chi connectivity index (χ1v) is 7.89. The van der Waals surface area contributed by atoms with Crippen molar-refractivity contribution in [3.8, 4) is 12.0 Å². The van der Waals surface area contributed by atoms with Crippen molar-refractivity contribution in [2.75, 3.05) is 13.2 Å². The average molecular weight is 358 g/mol. The number of aromatic nitrogens is 1. The number of esters is 1. The van der Waals surface area contributed by atoms with Crippen LogP contribution in [0.25, 0.3) is 5.88 Å². The molecule has 2 aromatic heterocycles. The molecule has 0 saturated heterocycles. The fourth-order valence-corrected chi connectivity index (χ4v) is 2.18. The van der Waals surface area contributed by atoms with Gasteiger partial charge in [0.2, 0.25) is 5.88 Å². The van der Waals surface area contributed by atoms with Crippen molar-refractivity contribution in [1.29, 1.82) is 5.26 Å². The lowest BCUT2D eigenvalue weighted by atomic mass is 10.1. The number of nitriles is 1. The third kappa shape index (κ3) is 4.30. The molecule has 9 heteroatoms. The van der Waals surface area contributed by atoms with E-state index in [2.05, 4.69) is 5.32 Å². The smallest absolute Gasteiger partial charge is 0.343 e. The van der Waals surface area contributed by atoms with Crippen LogP contribution < -0.4 is 10.6 Å². The summed E-state index contributed by atoms with van der Waals surface area (Å²) in [7, 11) is 0. The van der Waals surface area contributed by atoms with Crippen molar-refractivity contribution in [2.24, 2.45) is 0 Å². The second kappa shape index (κ2) is 8.53. The molecule has 0 bridgehead atoms. The molecule has 0 aliphatic carbocycles. The molecule has 9 nitrogen and oxygen atoms in total. The molecular weight excluding hydrogens is 340 g/mol. The highest BCUT2D eigenvalue weighted by Crippen LogP contribution is 2.26. The molecule has 136 valence electrons. The van der Waals surface area contributed by atoms with Crippen molar-refractivity contribution >= 4 is 17.9 Å². The zero-order chi connectivity index (χ0) is 19.1. The van der Waals surface area contributed by atoms with Crippen LogP contribution in [0.4, 0.5) is 4.79 Å². The number of aryl methyl sites for hydroxylation is 1. The number of nitrogens with zero attached hydrogens (tertiary/aromatic N) is 2. The van der Waals surface area contributed by atoms with Gasteiger partial charge in [0.15, 0.2) is 6.61 Å². The highest BCUT2D eigenvalue weighted by molar-refractivity contribution is 5.98. The number of hydrogen-bond donors (Lipinski definition) is 2. The van der Waals surface area contributed by atoms with Crippen molar-refractivity contribution < 1.29 is 23.5 Å². The molecule has 2 rings (SSSR count). The van der Waals surface area contributed by atoms with E-state index in [0.29, 0.717) is 6.54 Å². The number of rotatable bonds is 6. The van der Waals surface area contributed by atoms with Crippen LogP contribution in [-0.2, 0) is 9.53 Å². The summed E-state index contributed by atoms with van der Waals surface area (Å²) < 4.78 is 11.9. The number of ether oxygens (including phenoxy) is 1. The summed E-state index contributed by atoms with van der Waals surface area (Å²) in [5.74, 6) is -1.29. The number of carbonyl (C=O) groups excluding carboxylic acids is 3. The normalized spacial score (nSPS) is 10.0. The summed E-state index contributed by atoms with van der Waals surface area (Å²) in [6.45, 7) is 3.14. The number of carbonyl (C=O) groups is 3. The number of nitrogens with one attached hydrogen (secondary N) is 2. The Morgan fingerprint density at radius 1 is 1.31 bits per heavy atom. The molecule has 2 N–H and O–H groups in total. The minimum atomic E-state index is -0.884. The molecule has 0 saturated carbocycles. The Morgan fingerprint density at radius 2 is 2.00 bits per heavy atom. The van der Waals surface area contributed by atoms with Gasteiger partial charge in [0.1, 0.15) is 23.0 Å². The van der Waals surface area contributed by atoms with Gasteiger partial charge in [-0.1, -0.05) is 6.92 Å².